The Balaban J connectivity index is 1.73. The minimum atomic E-state index is -0.132. The van der Waals surface area contributed by atoms with Gasteiger partial charge in [0.15, 0.2) is 5.82 Å². The number of hydrogen-bond acceptors (Lipinski definition) is 4. The predicted octanol–water partition coefficient (Wildman–Crippen LogP) is 2.36. The molecule has 1 aliphatic rings. The number of amides is 1. The van der Waals surface area contributed by atoms with Crippen LogP contribution in [0.2, 0.25) is 0 Å². The molecule has 132 valence electrons. The highest BCUT2D eigenvalue weighted by molar-refractivity contribution is 5.91. The Bertz CT molecular complexity index is 834. The number of likely N-dealkylation sites (tertiary alicyclic amines) is 1. The number of aromatic nitrogens is 3. The molecule has 1 atom stereocenters. The lowest BCUT2D eigenvalue weighted by Crippen LogP contribution is -2.30. The molecule has 0 radical (unpaired) electrons. The minimum Gasteiger partial charge on any atom is -0.336 e. The summed E-state index contributed by atoms with van der Waals surface area (Å²) in [6, 6.07) is 19.5. The lowest BCUT2D eigenvalue weighted by Gasteiger charge is -2.13. The summed E-state index contributed by atoms with van der Waals surface area (Å²) >= 11 is 0. The maximum absolute atomic E-state index is 12.9. The van der Waals surface area contributed by atoms with Crippen molar-refractivity contribution in [1.82, 2.24) is 19.7 Å². The fourth-order valence-electron chi connectivity index (χ4n) is 3.28. The summed E-state index contributed by atoms with van der Waals surface area (Å²) in [6.07, 6.45) is 0.938. The third-order valence-electron chi connectivity index (χ3n) is 4.74. The van der Waals surface area contributed by atoms with Crippen LogP contribution in [0, 0.1) is 5.92 Å². The van der Waals surface area contributed by atoms with Crippen molar-refractivity contribution < 1.29 is 4.79 Å². The van der Waals surface area contributed by atoms with E-state index in [-0.39, 0.29) is 11.7 Å². The fourth-order valence-corrected chi connectivity index (χ4v) is 3.28. The van der Waals surface area contributed by atoms with Crippen molar-refractivity contribution in [3.05, 3.63) is 66.5 Å². The second-order valence-corrected chi connectivity index (χ2v) is 6.51. The van der Waals surface area contributed by atoms with E-state index >= 15 is 0 Å². The van der Waals surface area contributed by atoms with Crippen LogP contribution in [0.15, 0.2) is 60.7 Å². The first-order valence-corrected chi connectivity index (χ1v) is 8.83. The number of benzene rings is 2. The highest BCUT2D eigenvalue weighted by Gasteiger charge is 2.29. The van der Waals surface area contributed by atoms with Crippen molar-refractivity contribution in [2.45, 2.75) is 6.42 Å². The monoisotopic (exact) mass is 347 g/mol. The van der Waals surface area contributed by atoms with Crippen LogP contribution in [-0.4, -0.2) is 45.2 Å². The summed E-state index contributed by atoms with van der Waals surface area (Å²) < 4.78 is 1.74. The van der Waals surface area contributed by atoms with Gasteiger partial charge in [0.2, 0.25) is 5.82 Å². The maximum Gasteiger partial charge on any atom is 0.293 e. The van der Waals surface area contributed by atoms with Gasteiger partial charge in [0.1, 0.15) is 0 Å². The molecule has 0 saturated carbocycles. The minimum absolute atomic E-state index is 0.132. The summed E-state index contributed by atoms with van der Waals surface area (Å²) in [5, 5.41) is 4.54. The van der Waals surface area contributed by atoms with Crippen LogP contribution in [0.25, 0.3) is 17.1 Å². The topological polar surface area (TPSA) is 77.0 Å². The van der Waals surface area contributed by atoms with E-state index in [2.05, 4.69) is 10.1 Å². The molecule has 1 unspecified atom stereocenters. The highest BCUT2D eigenvalue weighted by atomic mass is 16.2. The largest absolute Gasteiger partial charge is 0.336 e. The van der Waals surface area contributed by atoms with Gasteiger partial charge >= 0.3 is 0 Å². The van der Waals surface area contributed by atoms with Crippen LogP contribution in [0.4, 0.5) is 0 Å². The quantitative estimate of drug-likeness (QED) is 0.786. The van der Waals surface area contributed by atoms with Crippen molar-refractivity contribution in [3.8, 4) is 17.1 Å². The SMILES string of the molecule is NCC1CCN(C(=O)c2nc(-c3ccccc3)n(-c3ccccc3)n2)C1. The molecule has 0 aliphatic carbocycles. The van der Waals surface area contributed by atoms with Crippen LogP contribution in [-0.2, 0) is 0 Å². The molecule has 1 aromatic heterocycles. The molecule has 2 N–H and O–H groups in total. The second kappa shape index (κ2) is 7.09. The summed E-state index contributed by atoms with van der Waals surface area (Å²) in [4.78, 5) is 19.3. The summed E-state index contributed by atoms with van der Waals surface area (Å²) in [7, 11) is 0. The first-order valence-electron chi connectivity index (χ1n) is 8.83. The molecule has 0 bridgehead atoms. The first-order chi connectivity index (χ1) is 12.8. The van der Waals surface area contributed by atoms with E-state index in [4.69, 9.17) is 5.73 Å². The number of nitrogens with zero attached hydrogens (tertiary/aromatic N) is 4. The lowest BCUT2D eigenvalue weighted by atomic mass is 10.1. The number of carbonyl (C=O) groups excluding carboxylic acids is 1. The van der Waals surface area contributed by atoms with Gasteiger partial charge in [-0.2, -0.15) is 0 Å². The van der Waals surface area contributed by atoms with Gasteiger partial charge in [0, 0.05) is 18.7 Å². The van der Waals surface area contributed by atoms with Gasteiger partial charge < -0.3 is 10.6 Å². The summed E-state index contributed by atoms with van der Waals surface area (Å²) in [6.45, 7) is 1.99. The van der Waals surface area contributed by atoms with Crippen molar-refractivity contribution in [3.63, 3.8) is 0 Å². The fraction of sp³-hybridized carbons (Fsp3) is 0.250. The lowest BCUT2D eigenvalue weighted by molar-refractivity contribution is 0.0775. The number of para-hydroxylation sites is 1. The molecular formula is C20H21N5O. The van der Waals surface area contributed by atoms with Gasteiger partial charge in [-0.3, -0.25) is 4.79 Å². The molecule has 4 rings (SSSR count). The molecular weight excluding hydrogens is 326 g/mol. The molecule has 2 heterocycles. The molecule has 6 nitrogen and oxygen atoms in total. The van der Waals surface area contributed by atoms with Crippen LogP contribution < -0.4 is 5.73 Å². The Morgan fingerprint density at radius 3 is 2.42 bits per heavy atom. The number of nitrogens with two attached hydrogens (primary N) is 1. The summed E-state index contributed by atoms with van der Waals surface area (Å²) in [5.74, 6) is 1.12. The Labute approximate surface area is 152 Å². The van der Waals surface area contributed by atoms with Gasteiger partial charge in [-0.25, -0.2) is 9.67 Å². The molecule has 6 heteroatoms. The zero-order valence-electron chi connectivity index (χ0n) is 14.5. The van der Waals surface area contributed by atoms with Crippen LogP contribution in [0.5, 0.6) is 0 Å². The van der Waals surface area contributed by atoms with Gasteiger partial charge in [-0.15, -0.1) is 5.10 Å². The number of rotatable bonds is 4. The van der Waals surface area contributed by atoms with Crippen molar-refractivity contribution in [2.24, 2.45) is 11.7 Å². The van der Waals surface area contributed by atoms with Gasteiger partial charge in [0.05, 0.1) is 5.69 Å². The first kappa shape index (κ1) is 16.5. The third kappa shape index (κ3) is 3.11. The van der Waals surface area contributed by atoms with E-state index in [0.29, 0.717) is 31.4 Å². The highest BCUT2D eigenvalue weighted by Crippen LogP contribution is 2.23. The Morgan fingerprint density at radius 1 is 1.08 bits per heavy atom. The Hall–Kier alpha value is -2.99. The van der Waals surface area contributed by atoms with E-state index in [1.165, 1.54) is 0 Å². The van der Waals surface area contributed by atoms with Crippen LogP contribution in [0.1, 0.15) is 17.0 Å². The Morgan fingerprint density at radius 2 is 1.77 bits per heavy atom. The zero-order valence-corrected chi connectivity index (χ0v) is 14.5. The van der Waals surface area contributed by atoms with Gasteiger partial charge in [0.25, 0.3) is 5.91 Å². The van der Waals surface area contributed by atoms with E-state index in [0.717, 1.165) is 17.7 Å². The third-order valence-corrected chi connectivity index (χ3v) is 4.74. The average Bonchev–Trinajstić information content (AvgIpc) is 3.36. The van der Waals surface area contributed by atoms with Crippen molar-refractivity contribution >= 4 is 5.91 Å². The van der Waals surface area contributed by atoms with Gasteiger partial charge in [-0.1, -0.05) is 48.5 Å². The van der Waals surface area contributed by atoms with Crippen LogP contribution in [0.3, 0.4) is 0 Å². The molecule has 1 fully saturated rings. The summed E-state index contributed by atoms with van der Waals surface area (Å²) in [5.41, 5.74) is 7.54. The smallest absolute Gasteiger partial charge is 0.293 e. The van der Waals surface area contributed by atoms with Gasteiger partial charge in [-0.05, 0) is 31.0 Å². The number of carbonyl (C=O) groups is 1. The zero-order chi connectivity index (χ0) is 17.9. The van der Waals surface area contributed by atoms with Crippen LogP contribution >= 0.6 is 0 Å². The normalized spacial score (nSPS) is 16.8. The average molecular weight is 347 g/mol. The molecule has 1 amide bonds. The molecule has 1 aliphatic heterocycles. The van der Waals surface area contributed by atoms with Crippen molar-refractivity contribution in [1.29, 1.82) is 0 Å². The standard InChI is InChI=1S/C20H21N5O/c21-13-15-11-12-24(14-15)20(26)18-22-19(16-7-3-1-4-8-16)25(23-18)17-9-5-2-6-10-17/h1-10,15H,11-14,21H2. The molecule has 3 aromatic rings. The number of hydrogen-bond donors (Lipinski definition) is 1. The predicted molar refractivity (Wildman–Crippen MR) is 99.9 cm³/mol. The van der Waals surface area contributed by atoms with E-state index in [9.17, 15) is 4.79 Å². The molecule has 26 heavy (non-hydrogen) atoms. The maximum atomic E-state index is 12.9. The molecule has 0 spiro atoms. The second-order valence-electron chi connectivity index (χ2n) is 6.51. The van der Waals surface area contributed by atoms with E-state index in [1.807, 2.05) is 60.7 Å². The van der Waals surface area contributed by atoms with E-state index < -0.39 is 0 Å². The van der Waals surface area contributed by atoms with Crippen molar-refractivity contribution in [2.75, 3.05) is 19.6 Å². The Kier molecular flexibility index (Phi) is 4.50. The molecule has 2 aromatic carbocycles. The molecule has 1 saturated heterocycles. The van der Waals surface area contributed by atoms with E-state index in [1.54, 1.807) is 9.58 Å².